The van der Waals surface area contributed by atoms with Crippen molar-refractivity contribution in [3.05, 3.63) is 59.7 Å². The molecule has 0 radical (unpaired) electrons. The predicted octanol–water partition coefficient (Wildman–Crippen LogP) is 1.19. The number of carboxylic acid groups (broad SMARTS) is 1. The average molecular weight is 316 g/mol. The number of carbonyl (C=O) groups excluding carboxylic acids is 1. The van der Waals surface area contributed by atoms with E-state index in [4.69, 9.17) is 0 Å². The Labute approximate surface area is 128 Å². The van der Waals surface area contributed by atoms with Crippen molar-refractivity contribution < 1.29 is 18.3 Å². The molecule has 0 saturated carbocycles. The van der Waals surface area contributed by atoms with E-state index >= 15 is 0 Å². The lowest BCUT2D eigenvalue weighted by Gasteiger charge is -2.30. The molecule has 6 heteroatoms. The summed E-state index contributed by atoms with van der Waals surface area (Å²) in [4.78, 5) is 10.9. The topological polar surface area (TPSA) is 77.5 Å². The molecule has 0 spiro atoms. The first-order valence-electron chi connectivity index (χ1n) is 6.92. The first-order chi connectivity index (χ1) is 10.5. The van der Waals surface area contributed by atoms with Gasteiger partial charge in [-0.25, -0.2) is 8.42 Å². The molecule has 0 aromatic heterocycles. The Morgan fingerprint density at radius 1 is 1.09 bits per heavy atom. The highest BCUT2D eigenvalue weighted by molar-refractivity contribution is 7.92. The van der Waals surface area contributed by atoms with Crippen molar-refractivity contribution in [2.45, 2.75) is 17.7 Å². The Balaban J connectivity index is 2.08. The largest absolute Gasteiger partial charge is 0.545 e. The summed E-state index contributed by atoms with van der Waals surface area (Å²) in [5.41, 5.74) is 1.49. The molecule has 5 nitrogen and oxygen atoms in total. The Morgan fingerprint density at radius 2 is 1.86 bits per heavy atom. The summed E-state index contributed by atoms with van der Waals surface area (Å²) in [5, 5.41) is 10.9. The highest BCUT2D eigenvalue weighted by atomic mass is 32.2. The second-order valence-corrected chi connectivity index (χ2v) is 6.99. The van der Waals surface area contributed by atoms with Crippen LogP contribution in [0.25, 0.3) is 0 Å². The quantitative estimate of drug-likeness (QED) is 0.852. The molecule has 0 unspecified atom stereocenters. The van der Waals surface area contributed by atoms with Crippen LogP contribution in [0.15, 0.2) is 53.4 Å². The van der Waals surface area contributed by atoms with Crippen LogP contribution in [0, 0.1) is 0 Å². The minimum absolute atomic E-state index is 0.0362. The fourth-order valence-electron chi connectivity index (χ4n) is 2.66. The minimum Gasteiger partial charge on any atom is -0.545 e. The number of carbonyl (C=O) groups is 1. The Hall–Kier alpha value is -2.34. The van der Waals surface area contributed by atoms with Crippen LogP contribution >= 0.6 is 0 Å². The highest BCUT2D eigenvalue weighted by Gasteiger charge is 2.28. The molecule has 1 aliphatic rings. The zero-order chi connectivity index (χ0) is 15.7. The molecule has 1 aliphatic heterocycles. The van der Waals surface area contributed by atoms with Gasteiger partial charge in [0.2, 0.25) is 0 Å². The molecule has 0 aliphatic carbocycles. The third kappa shape index (κ3) is 2.46. The SMILES string of the molecule is O=C([O-])c1cccc(S(=O)(=O)N2CCCc3ccccc32)c1. The number of nitrogens with zero attached hydrogens (tertiary/aromatic N) is 1. The molecule has 22 heavy (non-hydrogen) atoms. The molecule has 0 atom stereocenters. The number of sulfonamides is 1. The molecule has 114 valence electrons. The Bertz CT molecular complexity index is 830. The molecule has 3 rings (SSSR count). The van der Waals surface area contributed by atoms with Crippen LogP contribution in [0.2, 0.25) is 0 Å². The standard InChI is InChI=1S/C16H15NO4S/c18-16(19)13-6-3-8-14(11-13)22(20,21)17-10-4-7-12-5-1-2-9-15(12)17/h1-3,5-6,8-9,11H,4,7,10H2,(H,18,19)/p-1. The zero-order valence-corrected chi connectivity index (χ0v) is 12.5. The maximum atomic E-state index is 12.8. The van der Waals surface area contributed by atoms with E-state index in [1.54, 1.807) is 12.1 Å². The molecule has 0 fully saturated rings. The fraction of sp³-hybridized carbons (Fsp3) is 0.188. The van der Waals surface area contributed by atoms with Gasteiger partial charge in [0.15, 0.2) is 0 Å². The number of para-hydroxylation sites is 1. The maximum Gasteiger partial charge on any atom is 0.264 e. The van der Waals surface area contributed by atoms with Crippen LogP contribution in [0.1, 0.15) is 22.3 Å². The normalized spacial score (nSPS) is 14.5. The van der Waals surface area contributed by atoms with Gasteiger partial charge in [0.1, 0.15) is 0 Å². The minimum atomic E-state index is -3.79. The van der Waals surface area contributed by atoms with Crippen LogP contribution in [0.5, 0.6) is 0 Å². The summed E-state index contributed by atoms with van der Waals surface area (Å²) in [6, 6.07) is 12.6. The number of hydrogen-bond acceptors (Lipinski definition) is 4. The van der Waals surface area contributed by atoms with Crippen LogP contribution in [-0.4, -0.2) is 20.9 Å². The van der Waals surface area contributed by atoms with Gasteiger partial charge in [-0.2, -0.15) is 0 Å². The molecule has 1 heterocycles. The third-order valence-electron chi connectivity index (χ3n) is 3.73. The number of aromatic carboxylic acids is 1. The molecular formula is C16H14NO4S-. The van der Waals surface area contributed by atoms with Crippen molar-refractivity contribution in [3.8, 4) is 0 Å². The van der Waals surface area contributed by atoms with Crippen molar-refractivity contribution in [3.63, 3.8) is 0 Å². The van der Waals surface area contributed by atoms with Gasteiger partial charge in [-0.05, 0) is 42.2 Å². The summed E-state index contributed by atoms with van der Waals surface area (Å²) in [7, 11) is -3.79. The van der Waals surface area contributed by atoms with Crippen molar-refractivity contribution >= 4 is 21.7 Å². The summed E-state index contributed by atoms with van der Waals surface area (Å²) in [6.07, 6.45) is 1.57. The van der Waals surface area contributed by atoms with E-state index in [9.17, 15) is 18.3 Å². The molecule has 2 aromatic rings. The second kappa shape index (κ2) is 5.46. The van der Waals surface area contributed by atoms with E-state index in [1.807, 2.05) is 12.1 Å². The summed E-state index contributed by atoms with van der Waals surface area (Å²) in [5.74, 6) is -1.39. The van der Waals surface area contributed by atoms with Gasteiger partial charge >= 0.3 is 0 Å². The van der Waals surface area contributed by atoms with Crippen LogP contribution < -0.4 is 9.41 Å². The van der Waals surface area contributed by atoms with E-state index in [0.717, 1.165) is 24.5 Å². The van der Waals surface area contributed by atoms with Crippen LogP contribution in [-0.2, 0) is 16.4 Å². The average Bonchev–Trinajstić information content (AvgIpc) is 2.54. The number of carboxylic acids is 1. The molecule has 0 N–H and O–H groups in total. The smallest absolute Gasteiger partial charge is 0.264 e. The summed E-state index contributed by atoms with van der Waals surface area (Å²) in [6.45, 7) is 0.384. The monoisotopic (exact) mass is 316 g/mol. The third-order valence-corrected chi connectivity index (χ3v) is 5.53. The van der Waals surface area contributed by atoms with Gasteiger partial charge in [-0.1, -0.05) is 30.3 Å². The summed E-state index contributed by atoms with van der Waals surface area (Å²) < 4.78 is 27.0. The van der Waals surface area contributed by atoms with Gasteiger partial charge in [0.25, 0.3) is 10.0 Å². The van der Waals surface area contributed by atoms with Crippen LogP contribution in [0.4, 0.5) is 5.69 Å². The molecular weight excluding hydrogens is 302 g/mol. The molecule has 2 aromatic carbocycles. The zero-order valence-electron chi connectivity index (χ0n) is 11.7. The van der Waals surface area contributed by atoms with E-state index in [1.165, 1.54) is 22.5 Å². The lowest BCUT2D eigenvalue weighted by atomic mass is 10.0. The van der Waals surface area contributed by atoms with E-state index < -0.39 is 16.0 Å². The van der Waals surface area contributed by atoms with Crippen molar-refractivity contribution in [2.24, 2.45) is 0 Å². The number of rotatable bonds is 3. The first kappa shape index (κ1) is 14.6. The maximum absolute atomic E-state index is 12.8. The fourth-order valence-corrected chi connectivity index (χ4v) is 4.25. The van der Waals surface area contributed by atoms with Crippen LogP contribution in [0.3, 0.4) is 0 Å². The van der Waals surface area contributed by atoms with Gasteiger partial charge < -0.3 is 9.90 Å². The van der Waals surface area contributed by atoms with E-state index in [2.05, 4.69) is 0 Å². The van der Waals surface area contributed by atoms with Gasteiger partial charge in [0.05, 0.1) is 16.6 Å². The summed E-state index contributed by atoms with van der Waals surface area (Å²) >= 11 is 0. The predicted molar refractivity (Wildman–Crippen MR) is 80.1 cm³/mol. The number of anilines is 1. The number of fused-ring (bicyclic) bond motifs is 1. The number of aryl methyl sites for hydroxylation is 1. The second-order valence-electron chi connectivity index (χ2n) is 5.12. The first-order valence-corrected chi connectivity index (χ1v) is 8.36. The van der Waals surface area contributed by atoms with Crippen molar-refractivity contribution in [1.82, 2.24) is 0 Å². The van der Waals surface area contributed by atoms with Gasteiger partial charge in [-0.15, -0.1) is 0 Å². The molecule has 0 amide bonds. The van der Waals surface area contributed by atoms with Crippen molar-refractivity contribution in [1.29, 1.82) is 0 Å². The number of hydrogen-bond donors (Lipinski definition) is 0. The Kier molecular flexibility index (Phi) is 3.62. The Morgan fingerprint density at radius 3 is 2.64 bits per heavy atom. The van der Waals surface area contributed by atoms with Gasteiger partial charge in [0, 0.05) is 6.54 Å². The molecule has 0 saturated heterocycles. The highest BCUT2D eigenvalue weighted by Crippen LogP contribution is 2.31. The van der Waals surface area contributed by atoms with Gasteiger partial charge in [-0.3, -0.25) is 4.31 Å². The number of benzene rings is 2. The van der Waals surface area contributed by atoms with Crippen molar-refractivity contribution in [2.75, 3.05) is 10.8 Å². The van der Waals surface area contributed by atoms with E-state index in [0.29, 0.717) is 12.2 Å². The molecule has 0 bridgehead atoms. The lowest BCUT2D eigenvalue weighted by molar-refractivity contribution is -0.255. The lowest BCUT2D eigenvalue weighted by Crippen LogP contribution is -2.35. The van der Waals surface area contributed by atoms with E-state index in [-0.39, 0.29) is 10.5 Å².